The molecule has 296 valence electrons. The first-order valence-corrected chi connectivity index (χ1v) is 17.3. The Labute approximate surface area is 333 Å². The maximum Gasteiger partial charge on any atom is 0.233 e. The SMILES string of the molecule is CC1=C(C)C(=O)C(C)=C(C)C1=O.COC1=C(OC)C(=O)C(C)=CC1=O.O=C1C=C(O)c2ccccc2C1=O.O=C1C=CC(=O)C=C1.O=C1C=CC(=O)c2ccccc21. The van der Waals surface area contributed by atoms with Gasteiger partial charge in [-0.3, -0.25) is 47.9 Å². The molecule has 2 aromatic carbocycles. The highest BCUT2D eigenvalue weighted by Crippen LogP contribution is 2.24. The van der Waals surface area contributed by atoms with E-state index in [1.54, 1.807) is 77.1 Å². The molecule has 0 bridgehead atoms. The van der Waals surface area contributed by atoms with Crippen LogP contribution < -0.4 is 0 Å². The van der Waals surface area contributed by atoms with E-state index in [1.165, 1.54) is 62.8 Å². The Morgan fingerprint density at radius 3 is 1.17 bits per heavy atom. The van der Waals surface area contributed by atoms with Gasteiger partial charge >= 0.3 is 0 Å². The minimum Gasteiger partial charge on any atom is -0.507 e. The van der Waals surface area contributed by atoms with Gasteiger partial charge in [-0.15, -0.1) is 0 Å². The topological polar surface area (TPSA) is 209 Å². The van der Waals surface area contributed by atoms with Crippen LogP contribution in [-0.4, -0.2) is 77.2 Å². The van der Waals surface area contributed by atoms with Gasteiger partial charge in [0.1, 0.15) is 5.76 Å². The number of ether oxygens (including phenoxy) is 2. The zero-order chi connectivity index (χ0) is 43.4. The summed E-state index contributed by atoms with van der Waals surface area (Å²) in [4.78, 5) is 111. The average molecular weight is 787 g/mol. The van der Waals surface area contributed by atoms with Crippen molar-refractivity contribution in [2.24, 2.45) is 0 Å². The number of aliphatic hydroxyl groups excluding tert-OH is 1. The molecule has 0 heterocycles. The number of aliphatic hydroxyl groups is 1. The number of hydrogen-bond acceptors (Lipinski definition) is 13. The van der Waals surface area contributed by atoms with Crippen LogP contribution in [0.1, 0.15) is 71.3 Å². The van der Waals surface area contributed by atoms with E-state index in [0.717, 1.165) is 6.08 Å². The number of hydrogen-bond donors (Lipinski definition) is 1. The number of allylic oxidation sites excluding steroid dienone is 13. The summed E-state index contributed by atoms with van der Waals surface area (Å²) >= 11 is 0. The zero-order valence-electron chi connectivity index (χ0n) is 32.6. The van der Waals surface area contributed by atoms with Gasteiger partial charge < -0.3 is 14.6 Å². The number of carbonyl (C=O) groups excluding carboxylic acids is 10. The summed E-state index contributed by atoms with van der Waals surface area (Å²) in [7, 11) is 2.66. The minimum absolute atomic E-state index is 0.00426. The summed E-state index contributed by atoms with van der Waals surface area (Å²) < 4.78 is 9.56. The molecule has 7 rings (SSSR count). The van der Waals surface area contributed by atoms with Crippen LogP contribution in [0.2, 0.25) is 0 Å². The smallest absolute Gasteiger partial charge is 0.233 e. The molecule has 0 radical (unpaired) electrons. The monoisotopic (exact) mass is 786 g/mol. The van der Waals surface area contributed by atoms with E-state index >= 15 is 0 Å². The summed E-state index contributed by atoms with van der Waals surface area (Å²) in [5.74, 6) is -2.48. The van der Waals surface area contributed by atoms with Gasteiger partial charge in [-0.1, -0.05) is 48.5 Å². The Bertz CT molecular complexity index is 2300. The summed E-state index contributed by atoms with van der Waals surface area (Å²) in [5, 5.41) is 9.34. The number of rotatable bonds is 2. The zero-order valence-corrected chi connectivity index (χ0v) is 32.6. The highest BCUT2D eigenvalue weighted by atomic mass is 16.5. The van der Waals surface area contributed by atoms with Crippen molar-refractivity contribution in [2.45, 2.75) is 34.6 Å². The fourth-order valence-corrected chi connectivity index (χ4v) is 5.33. The molecular formula is C45H38O13. The van der Waals surface area contributed by atoms with Crippen LogP contribution in [0, 0.1) is 0 Å². The molecule has 13 heteroatoms. The first-order chi connectivity index (χ1) is 27.4. The Morgan fingerprint density at radius 2 is 0.776 bits per heavy atom. The summed E-state index contributed by atoms with van der Waals surface area (Å²) in [6, 6.07) is 13.3. The Hall–Kier alpha value is -7.54. The molecule has 0 saturated heterocycles. The van der Waals surface area contributed by atoms with E-state index in [4.69, 9.17) is 9.47 Å². The quantitative estimate of drug-likeness (QED) is 0.290. The average Bonchev–Trinajstić information content (AvgIpc) is 3.22. The maximum atomic E-state index is 11.4. The number of benzene rings is 2. The van der Waals surface area contributed by atoms with Gasteiger partial charge in [0.05, 0.1) is 14.2 Å². The Kier molecular flexibility index (Phi) is 15.4. The number of carbonyl (C=O) groups is 10. The minimum atomic E-state index is -0.670. The fraction of sp³-hybridized carbons (Fsp3) is 0.156. The third kappa shape index (κ3) is 10.6. The Morgan fingerprint density at radius 1 is 0.397 bits per heavy atom. The van der Waals surface area contributed by atoms with Crippen LogP contribution >= 0.6 is 0 Å². The molecule has 5 aliphatic carbocycles. The van der Waals surface area contributed by atoms with Crippen LogP contribution in [0.5, 0.6) is 0 Å². The first kappa shape index (κ1) is 44.9. The van der Waals surface area contributed by atoms with Crippen molar-refractivity contribution < 1.29 is 62.5 Å². The Balaban J connectivity index is 0.000000196. The highest BCUT2D eigenvalue weighted by molar-refractivity contribution is 6.50. The molecule has 1 N–H and O–H groups in total. The third-order valence-electron chi connectivity index (χ3n) is 8.84. The van der Waals surface area contributed by atoms with Gasteiger partial charge in [0.25, 0.3) is 0 Å². The normalized spacial score (nSPS) is 16.7. The molecule has 0 atom stereocenters. The lowest BCUT2D eigenvalue weighted by Gasteiger charge is -2.15. The van der Waals surface area contributed by atoms with Crippen LogP contribution in [0.3, 0.4) is 0 Å². The van der Waals surface area contributed by atoms with Crippen molar-refractivity contribution in [3.05, 3.63) is 159 Å². The molecule has 0 amide bonds. The largest absolute Gasteiger partial charge is 0.507 e. The molecule has 0 saturated carbocycles. The first-order valence-electron chi connectivity index (χ1n) is 17.3. The maximum absolute atomic E-state index is 11.4. The second kappa shape index (κ2) is 19.9. The van der Waals surface area contributed by atoms with Crippen LogP contribution in [0.15, 0.2) is 137 Å². The van der Waals surface area contributed by atoms with E-state index in [-0.39, 0.29) is 69.1 Å². The molecule has 58 heavy (non-hydrogen) atoms. The van der Waals surface area contributed by atoms with E-state index in [2.05, 4.69) is 0 Å². The van der Waals surface area contributed by atoms with Crippen LogP contribution in [-0.2, 0) is 43.0 Å². The van der Waals surface area contributed by atoms with Gasteiger partial charge in [-0.2, -0.15) is 0 Å². The number of methoxy groups -OCH3 is 2. The van der Waals surface area contributed by atoms with Crippen molar-refractivity contribution in [3.8, 4) is 0 Å². The summed E-state index contributed by atoms with van der Waals surface area (Å²) in [5.41, 5.74) is 4.41. The van der Waals surface area contributed by atoms with E-state index in [9.17, 15) is 53.1 Å². The predicted octanol–water partition coefficient (Wildman–Crippen LogP) is 5.62. The van der Waals surface area contributed by atoms with Crippen molar-refractivity contribution in [2.75, 3.05) is 14.2 Å². The van der Waals surface area contributed by atoms with Crippen LogP contribution in [0.25, 0.3) is 5.76 Å². The molecule has 13 nitrogen and oxygen atoms in total. The second-order valence-electron chi connectivity index (χ2n) is 12.6. The molecule has 0 aromatic heterocycles. The van der Waals surface area contributed by atoms with E-state index < -0.39 is 11.6 Å². The van der Waals surface area contributed by atoms with Crippen LogP contribution in [0.4, 0.5) is 0 Å². The number of Topliss-reactive ketones (excluding diaryl/α,β-unsaturated/α-hetero) is 4. The lowest BCUT2D eigenvalue weighted by Crippen LogP contribution is -2.20. The standard InChI is InChI=1S/C10H6O3.C10H6O2.C10H12O2.C9H10O4.C6H4O2/c11-8-5-9(12)10(13)7-4-2-1-3-6(7)8;11-9-5-6-10(12)8-4-2-1-3-7(8)9;1-5-6(2)10(12)8(4)7(3)9(5)11;1-5-4-6(10)8(12-2)9(13-3)7(5)11;7-5-1-2-6(8)4-3-5/h1-5,11H;1-6H;1-4H3;4H,1-3H3;1-4H. The van der Waals surface area contributed by atoms with Gasteiger partial charge in [0.2, 0.25) is 34.7 Å². The lowest BCUT2D eigenvalue weighted by atomic mass is 9.87. The molecular weight excluding hydrogens is 748 g/mol. The van der Waals surface area contributed by atoms with Crippen molar-refractivity contribution in [1.82, 2.24) is 0 Å². The summed E-state index contributed by atoms with van der Waals surface area (Å²) in [6.45, 7) is 8.36. The van der Waals surface area contributed by atoms with Gasteiger partial charge in [0.15, 0.2) is 34.7 Å². The fourth-order valence-electron chi connectivity index (χ4n) is 5.33. The van der Waals surface area contributed by atoms with Gasteiger partial charge in [-0.25, -0.2) is 0 Å². The van der Waals surface area contributed by atoms with E-state index in [0.29, 0.717) is 44.6 Å². The molecule has 5 aliphatic rings. The van der Waals surface area contributed by atoms with Crippen molar-refractivity contribution in [1.29, 1.82) is 0 Å². The molecule has 0 aliphatic heterocycles. The van der Waals surface area contributed by atoms with Gasteiger partial charge in [0, 0.05) is 56.2 Å². The van der Waals surface area contributed by atoms with Crippen molar-refractivity contribution >= 4 is 63.6 Å². The van der Waals surface area contributed by atoms with E-state index in [1.807, 2.05) is 0 Å². The third-order valence-corrected chi connectivity index (χ3v) is 8.84. The molecule has 0 unspecified atom stereocenters. The number of ketones is 10. The highest BCUT2D eigenvalue weighted by Gasteiger charge is 2.29. The van der Waals surface area contributed by atoms with Gasteiger partial charge in [-0.05, 0) is 77.2 Å². The molecule has 0 spiro atoms. The summed E-state index contributed by atoms with van der Waals surface area (Å²) in [6.07, 6.45) is 9.82. The molecule has 2 aromatic rings. The predicted molar refractivity (Wildman–Crippen MR) is 210 cm³/mol. The van der Waals surface area contributed by atoms with Crippen molar-refractivity contribution in [3.63, 3.8) is 0 Å². The number of fused-ring (bicyclic) bond motifs is 2. The second-order valence-corrected chi connectivity index (χ2v) is 12.6. The molecule has 0 fully saturated rings. The lowest BCUT2D eigenvalue weighted by molar-refractivity contribution is -0.120.